The quantitative estimate of drug-likeness (QED) is 0.807. The maximum Gasteiger partial charge on any atom is 0.323 e. The van der Waals surface area contributed by atoms with Crippen LogP contribution in [0.1, 0.15) is 19.4 Å². The van der Waals surface area contributed by atoms with Crippen LogP contribution in [0.15, 0.2) is 18.2 Å². The zero-order valence-electron chi connectivity index (χ0n) is 10.7. The van der Waals surface area contributed by atoms with Crippen LogP contribution in [0.5, 0.6) is 5.75 Å². The van der Waals surface area contributed by atoms with Gasteiger partial charge in [-0.1, -0.05) is 25.4 Å². The molecule has 1 atom stereocenters. The number of carbonyl (C=O) groups is 1. The first kappa shape index (κ1) is 14.8. The number of aromatic hydroxyl groups is 1. The molecule has 0 aliphatic heterocycles. The summed E-state index contributed by atoms with van der Waals surface area (Å²) in [5.74, 6) is -0.0652. The molecule has 0 fully saturated rings. The number of benzene rings is 1. The number of hydrogen-bond donors (Lipinski definition) is 2. The van der Waals surface area contributed by atoms with Gasteiger partial charge < -0.3 is 9.84 Å². The third-order valence-corrected chi connectivity index (χ3v) is 2.91. The molecule has 0 bridgehead atoms. The van der Waals surface area contributed by atoms with Gasteiger partial charge in [0, 0.05) is 17.1 Å². The van der Waals surface area contributed by atoms with Crippen molar-refractivity contribution in [2.24, 2.45) is 5.92 Å². The van der Waals surface area contributed by atoms with E-state index in [1.165, 1.54) is 13.2 Å². The van der Waals surface area contributed by atoms with E-state index in [0.717, 1.165) is 0 Å². The fourth-order valence-electron chi connectivity index (χ4n) is 1.63. The molecule has 2 N–H and O–H groups in total. The minimum Gasteiger partial charge on any atom is -0.508 e. The molecule has 1 rings (SSSR count). The van der Waals surface area contributed by atoms with Gasteiger partial charge in [0.05, 0.1) is 7.11 Å². The summed E-state index contributed by atoms with van der Waals surface area (Å²) in [5, 5.41) is 13.3. The van der Waals surface area contributed by atoms with E-state index in [1.54, 1.807) is 12.1 Å². The van der Waals surface area contributed by atoms with Crippen LogP contribution < -0.4 is 5.32 Å². The van der Waals surface area contributed by atoms with Crippen LogP contribution in [-0.2, 0) is 16.1 Å². The zero-order chi connectivity index (χ0) is 13.7. The Hall–Kier alpha value is -1.26. The summed E-state index contributed by atoms with van der Waals surface area (Å²) in [6, 6.07) is 4.40. The van der Waals surface area contributed by atoms with Gasteiger partial charge >= 0.3 is 5.97 Å². The van der Waals surface area contributed by atoms with Crippen LogP contribution in [-0.4, -0.2) is 24.2 Å². The molecule has 0 unspecified atom stereocenters. The first-order chi connectivity index (χ1) is 8.45. The molecule has 0 aromatic heterocycles. The molecule has 0 aliphatic rings. The highest BCUT2D eigenvalue weighted by molar-refractivity contribution is 6.30. The number of hydrogen-bond acceptors (Lipinski definition) is 4. The van der Waals surface area contributed by atoms with E-state index < -0.39 is 6.04 Å². The lowest BCUT2D eigenvalue weighted by atomic mass is 10.0. The van der Waals surface area contributed by atoms with Crippen LogP contribution >= 0.6 is 11.6 Å². The van der Waals surface area contributed by atoms with Crippen LogP contribution in [0, 0.1) is 5.92 Å². The molecule has 1 aromatic rings. The number of halogens is 1. The van der Waals surface area contributed by atoms with Gasteiger partial charge in [0.25, 0.3) is 0 Å². The Labute approximate surface area is 112 Å². The molecule has 18 heavy (non-hydrogen) atoms. The number of rotatable bonds is 5. The highest BCUT2D eigenvalue weighted by atomic mass is 35.5. The second kappa shape index (κ2) is 6.61. The van der Waals surface area contributed by atoms with E-state index in [-0.39, 0.29) is 17.6 Å². The predicted octanol–water partition coefficient (Wildman–Crippen LogP) is 2.33. The van der Waals surface area contributed by atoms with E-state index >= 15 is 0 Å². The molecule has 0 radical (unpaired) electrons. The first-order valence-electron chi connectivity index (χ1n) is 5.74. The molecule has 0 spiro atoms. The third-order valence-electron chi connectivity index (χ3n) is 2.68. The topological polar surface area (TPSA) is 58.6 Å². The summed E-state index contributed by atoms with van der Waals surface area (Å²) in [7, 11) is 1.36. The average Bonchev–Trinajstić information content (AvgIpc) is 2.32. The van der Waals surface area contributed by atoms with Crippen molar-refractivity contribution in [3.63, 3.8) is 0 Å². The third kappa shape index (κ3) is 3.89. The van der Waals surface area contributed by atoms with Gasteiger partial charge in [0.15, 0.2) is 0 Å². The molecule has 0 saturated carbocycles. The van der Waals surface area contributed by atoms with Crippen molar-refractivity contribution in [3.05, 3.63) is 28.8 Å². The van der Waals surface area contributed by atoms with E-state index in [4.69, 9.17) is 16.3 Å². The summed E-state index contributed by atoms with van der Waals surface area (Å²) in [6.45, 7) is 4.20. The summed E-state index contributed by atoms with van der Waals surface area (Å²) < 4.78 is 4.73. The molecule has 100 valence electrons. The molecule has 0 saturated heterocycles. The standard InChI is InChI=1S/C13H18ClNO3/c1-8(2)12(13(17)18-3)15-7-9-6-10(14)4-5-11(9)16/h4-6,8,12,15-16H,7H2,1-3H3/t12-/m0/s1. The van der Waals surface area contributed by atoms with Crippen molar-refractivity contribution in [3.8, 4) is 5.75 Å². The minimum absolute atomic E-state index is 0.0961. The summed E-state index contributed by atoms with van der Waals surface area (Å²) in [6.07, 6.45) is 0. The lowest BCUT2D eigenvalue weighted by Crippen LogP contribution is -2.41. The highest BCUT2D eigenvalue weighted by Crippen LogP contribution is 2.21. The Balaban J connectivity index is 2.73. The van der Waals surface area contributed by atoms with E-state index in [2.05, 4.69) is 5.32 Å². The van der Waals surface area contributed by atoms with Gasteiger partial charge in [0.1, 0.15) is 11.8 Å². The van der Waals surface area contributed by atoms with Gasteiger partial charge in [-0.25, -0.2) is 0 Å². The molecule has 0 amide bonds. The van der Waals surface area contributed by atoms with Crippen molar-refractivity contribution in [1.29, 1.82) is 0 Å². The fraction of sp³-hybridized carbons (Fsp3) is 0.462. The van der Waals surface area contributed by atoms with Gasteiger partial charge in [-0.15, -0.1) is 0 Å². The second-order valence-electron chi connectivity index (χ2n) is 4.40. The molecule has 4 nitrogen and oxygen atoms in total. The van der Waals surface area contributed by atoms with Crippen LogP contribution in [0.2, 0.25) is 5.02 Å². The zero-order valence-corrected chi connectivity index (χ0v) is 11.5. The Morgan fingerprint density at radius 3 is 2.72 bits per heavy atom. The maximum absolute atomic E-state index is 11.6. The number of esters is 1. The Morgan fingerprint density at radius 2 is 2.17 bits per heavy atom. The number of phenols is 1. The summed E-state index contributed by atoms with van der Waals surface area (Å²) in [5.41, 5.74) is 0.650. The molecule has 0 aliphatic carbocycles. The Morgan fingerprint density at radius 1 is 1.50 bits per heavy atom. The van der Waals surface area contributed by atoms with Crippen molar-refractivity contribution in [1.82, 2.24) is 5.32 Å². The number of methoxy groups -OCH3 is 1. The molecular formula is C13H18ClNO3. The van der Waals surface area contributed by atoms with Crippen molar-refractivity contribution < 1.29 is 14.6 Å². The highest BCUT2D eigenvalue weighted by Gasteiger charge is 2.22. The maximum atomic E-state index is 11.6. The monoisotopic (exact) mass is 271 g/mol. The number of nitrogens with one attached hydrogen (secondary N) is 1. The van der Waals surface area contributed by atoms with Gasteiger partial charge in [-0.2, -0.15) is 0 Å². The Bertz CT molecular complexity index is 421. The van der Waals surface area contributed by atoms with Crippen molar-refractivity contribution in [2.75, 3.05) is 7.11 Å². The van der Waals surface area contributed by atoms with Crippen molar-refractivity contribution >= 4 is 17.6 Å². The molecule has 1 aromatic carbocycles. The predicted molar refractivity (Wildman–Crippen MR) is 70.6 cm³/mol. The normalized spacial score (nSPS) is 12.5. The summed E-state index contributed by atoms with van der Waals surface area (Å²) in [4.78, 5) is 11.6. The first-order valence-corrected chi connectivity index (χ1v) is 6.12. The lowest BCUT2D eigenvalue weighted by Gasteiger charge is -2.20. The van der Waals surface area contributed by atoms with Crippen LogP contribution in [0.25, 0.3) is 0 Å². The van der Waals surface area contributed by atoms with E-state index in [1.807, 2.05) is 13.8 Å². The average molecular weight is 272 g/mol. The van der Waals surface area contributed by atoms with E-state index in [9.17, 15) is 9.90 Å². The molecule has 5 heteroatoms. The number of phenolic OH excluding ortho intramolecular Hbond substituents is 1. The Kier molecular flexibility index (Phi) is 5.44. The van der Waals surface area contributed by atoms with Gasteiger partial charge in [0.2, 0.25) is 0 Å². The fourth-order valence-corrected chi connectivity index (χ4v) is 1.83. The van der Waals surface area contributed by atoms with Gasteiger partial charge in [-0.05, 0) is 24.1 Å². The molecule has 0 heterocycles. The number of ether oxygens (including phenoxy) is 1. The SMILES string of the molecule is COC(=O)[C@@H](NCc1cc(Cl)ccc1O)C(C)C. The smallest absolute Gasteiger partial charge is 0.323 e. The number of carbonyl (C=O) groups excluding carboxylic acids is 1. The van der Waals surface area contributed by atoms with Crippen molar-refractivity contribution in [2.45, 2.75) is 26.4 Å². The van der Waals surface area contributed by atoms with Crippen LogP contribution in [0.4, 0.5) is 0 Å². The van der Waals surface area contributed by atoms with E-state index in [0.29, 0.717) is 17.1 Å². The second-order valence-corrected chi connectivity index (χ2v) is 4.84. The minimum atomic E-state index is -0.409. The molecular weight excluding hydrogens is 254 g/mol. The summed E-state index contributed by atoms with van der Waals surface area (Å²) >= 11 is 5.85. The van der Waals surface area contributed by atoms with Crippen LogP contribution in [0.3, 0.4) is 0 Å². The lowest BCUT2D eigenvalue weighted by molar-refractivity contribution is -0.144. The largest absolute Gasteiger partial charge is 0.508 e. The van der Waals surface area contributed by atoms with Gasteiger partial charge in [-0.3, -0.25) is 10.1 Å².